The second kappa shape index (κ2) is 5.66. The molecular weight excluding hydrogens is 262 g/mol. The molecule has 108 valence electrons. The van der Waals surface area contributed by atoms with Gasteiger partial charge in [0.2, 0.25) is 0 Å². The SMILES string of the molecule is CC(C)O[C@H](C)c1nncn1-c1cccc2ccccc12. The normalized spacial score (nSPS) is 13.0. The minimum atomic E-state index is -0.105. The van der Waals surface area contributed by atoms with Gasteiger partial charge in [-0.25, -0.2) is 0 Å². The molecule has 0 saturated carbocycles. The smallest absolute Gasteiger partial charge is 0.166 e. The molecule has 0 aliphatic carbocycles. The number of fused-ring (bicyclic) bond motifs is 1. The standard InChI is InChI=1S/C17H19N3O/c1-12(2)21-13(3)17-19-18-11-20(17)16-10-6-8-14-7-4-5-9-15(14)16/h4-13H,1-3H3/t13-/m1/s1. The first kappa shape index (κ1) is 13.8. The quantitative estimate of drug-likeness (QED) is 0.728. The molecule has 3 aromatic rings. The number of aromatic nitrogens is 3. The molecule has 0 spiro atoms. The van der Waals surface area contributed by atoms with E-state index < -0.39 is 0 Å². The highest BCUT2D eigenvalue weighted by Gasteiger charge is 2.17. The Labute approximate surface area is 124 Å². The van der Waals surface area contributed by atoms with E-state index in [1.807, 2.05) is 37.5 Å². The molecule has 0 unspecified atom stereocenters. The molecule has 2 aromatic carbocycles. The number of rotatable bonds is 4. The van der Waals surface area contributed by atoms with Crippen LogP contribution in [0.5, 0.6) is 0 Å². The summed E-state index contributed by atoms with van der Waals surface area (Å²) in [5.74, 6) is 0.819. The first-order valence-corrected chi connectivity index (χ1v) is 7.20. The van der Waals surface area contributed by atoms with Gasteiger partial charge in [0.05, 0.1) is 11.8 Å². The van der Waals surface area contributed by atoms with Crippen molar-refractivity contribution in [1.29, 1.82) is 0 Å². The predicted octanol–water partition coefficient (Wildman–Crippen LogP) is 3.91. The summed E-state index contributed by atoms with van der Waals surface area (Å²) in [5.41, 5.74) is 1.08. The topological polar surface area (TPSA) is 39.9 Å². The fraction of sp³-hybridized carbons (Fsp3) is 0.294. The predicted molar refractivity (Wildman–Crippen MR) is 83.5 cm³/mol. The molecule has 0 saturated heterocycles. The van der Waals surface area contributed by atoms with E-state index in [1.54, 1.807) is 6.33 Å². The highest BCUT2D eigenvalue weighted by molar-refractivity contribution is 5.90. The fourth-order valence-electron chi connectivity index (χ4n) is 2.59. The van der Waals surface area contributed by atoms with Crippen molar-refractivity contribution >= 4 is 10.8 Å². The van der Waals surface area contributed by atoms with Gasteiger partial charge in [0.15, 0.2) is 5.82 Å². The van der Waals surface area contributed by atoms with Gasteiger partial charge >= 0.3 is 0 Å². The van der Waals surface area contributed by atoms with Crippen LogP contribution in [-0.4, -0.2) is 20.9 Å². The minimum absolute atomic E-state index is 0.105. The highest BCUT2D eigenvalue weighted by Crippen LogP contribution is 2.25. The molecule has 0 radical (unpaired) electrons. The van der Waals surface area contributed by atoms with Crippen LogP contribution < -0.4 is 0 Å². The van der Waals surface area contributed by atoms with Gasteiger partial charge in [-0.15, -0.1) is 10.2 Å². The zero-order valence-corrected chi connectivity index (χ0v) is 12.5. The minimum Gasteiger partial charge on any atom is -0.368 e. The Hall–Kier alpha value is -2.20. The molecule has 3 rings (SSSR count). The van der Waals surface area contributed by atoms with E-state index >= 15 is 0 Å². The summed E-state index contributed by atoms with van der Waals surface area (Å²) < 4.78 is 7.85. The van der Waals surface area contributed by atoms with Crippen molar-refractivity contribution in [1.82, 2.24) is 14.8 Å². The molecule has 0 amide bonds. The third-order valence-electron chi connectivity index (χ3n) is 3.44. The number of ether oxygens (including phenoxy) is 1. The van der Waals surface area contributed by atoms with Crippen molar-refractivity contribution in [3.8, 4) is 5.69 Å². The van der Waals surface area contributed by atoms with E-state index in [2.05, 4.69) is 40.5 Å². The lowest BCUT2D eigenvalue weighted by Gasteiger charge is -2.17. The maximum Gasteiger partial charge on any atom is 0.166 e. The Kier molecular flexibility index (Phi) is 3.71. The molecule has 0 bridgehead atoms. The lowest BCUT2D eigenvalue weighted by molar-refractivity contribution is 0.0119. The summed E-state index contributed by atoms with van der Waals surface area (Å²) in [7, 11) is 0. The zero-order chi connectivity index (χ0) is 14.8. The van der Waals surface area contributed by atoms with Crippen LogP contribution in [0.1, 0.15) is 32.7 Å². The lowest BCUT2D eigenvalue weighted by atomic mass is 10.1. The molecule has 0 N–H and O–H groups in total. The Balaban J connectivity index is 2.10. The molecule has 4 nitrogen and oxygen atoms in total. The third kappa shape index (κ3) is 2.67. The molecular formula is C17H19N3O. The lowest BCUT2D eigenvalue weighted by Crippen LogP contribution is -2.12. The average Bonchev–Trinajstić information content (AvgIpc) is 2.95. The van der Waals surface area contributed by atoms with Gasteiger partial charge in [0, 0.05) is 5.39 Å². The van der Waals surface area contributed by atoms with Gasteiger partial charge in [0.25, 0.3) is 0 Å². The van der Waals surface area contributed by atoms with Crippen LogP contribution in [0, 0.1) is 0 Å². The molecule has 1 atom stereocenters. The van der Waals surface area contributed by atoms with Gasteiger partial charge in [0.1, 0.15) is 12.4 Å². The summed E-state index contributed by atoms with van der Waals surface area (Å²) in [5, 5.41) is 10.7. The summed E-state index contributed by atoms with van der Waals surface area (Å²) in [6.45, 7) is 6.05. The largest absolute Gasteiger partial charge is 0.368 e. The summed E-state index contributed by atoms with van der Waals surface area (Å²) in [4.78, 5) is 0. The Morgan fingerprint density at radius 3 is 2.57 bits per heavy atom. The number of nitrogens with zero attached hydrogens (tertiary/aromatic N) is 3. The number of hydrogen-bond donors (Lipinski definition) is 0. The van der Waals surface area contributed by atoms with E-state index in [4.69, 9.17) is 4.74 Å². The van der Waals surface area contributed by atoms with Crippen molar-refractivity contribution in [3.63, 3.8) is 0 Å². The zero-order valence-electron chi connectivity index (χ0n) is 12.5. The van der Waals surface area contributed by atoms with E-state index in [-0.39, 0.29) is 12.2 Å². The Morgan fingerprint density at radius 1 is 1.00 bits per heavy atom. The van der Waals surface area contributed by atoms with E-state index in [0.717, 1.165) is 11.5 Å². The first-order chi connectivity index (χ1) is 10.2. The van der Waals surface area contributed by atoms with Crippen LogP contribution in [0.15, 0.2) is 48.8 Å². The van der Waals surface area contributed by atoms with Crippen molar-refractivity contribution in [2.75, 3.05) is 0 Å². The molecule has 1 heterocycles. The van der Waals surface area contributed by atoms with Crippen LogP contribution in [0.2, 0.25) is 0 Å². The Bertz CT molecular complexity index is 743. The molecule has 21 heavy (non-hydrogen) atoms. The van der Waals surface area contributed by atoms with Crippen molar-refractivity contribution in [2.24, 2.45) is 0 Å². The van der Waals surface area contributed by atoms with E-state index in [1.165, 1.54) is 10.8 Å². The highest BCUT2D eigenvalue weighted by atomic mass is 16.5. The first-order valence-electron chi connectivity index (χ1n) is 7.20. The van der Waals surface area contributed by atoms with Gasteiger partial charge < -0.3 is 4.74 Å². The van der Waals surface area contributed by atoms with Crippen LogP contribution >= 0.6 is 0 Å². The van der Waals surface area contributed by atoms with E-state index in [0.29, 0.717) is 0 Å². The van der Waals surface area contributed by atoms with Gasteiger partial charge in [-0.3, -0.25) is 4.57 Å². The van der Waals surface area contributed by atoms with Gasteiger partial charge in [-0.1, -0.05) is 36.4 Å². The monoisotopic (exact) mass is 281 g/mol. The summed E-state index contributed by atoms with van der Waals surface area (Å²) in [6, 6.07) is 14.6. The molecule has 0 aliphatic heterocycles. The van der Waals surface area contributed by atoms with Crippen LogP contribution in [0.4, 0.5) is 0 Å². The van der Waals surface area contributed by atoms with Crippen molar-refractivity contribution < 1.29 is 4.74 Å². The molecule has 4 heteroatoms. The van der Waals surface area contributed by atoms with Crippen molar-refractivity contribution in [3.05, 3.63) is 54.6 Å². The number of hydrogen-bond acceptors (Lipinski definition) is 3. The van der Waals surface area contributed by atoms with Crippen LogP contribution in [0.3, 0.4) is 0 Å². The number of benzene rings is 2. The van der Waals surface area contributed by atoms with Crippen molar-refractivity contribution in [2.45, 2.75) is 33.0 Å². The molecule has 1 aromatic heterocycles. The van der Waals surface area contributed by atoms with Gasteiger partial charge in [-0.2, -0.15) is 0 Å². The van der Waals surface area contributed by atoms with Crippen LogP contribution in [-0.2, 0) is 4.74 Å². The summed E-state index contributed by atoms with van der Waals surface area (Å²) >= 11 is 0. The van der Waals surface area contributed by atoms with Crippen LogP contribution in [0.25, 0.3) is 16.5 Å². The molecule has 0 fully saturated rings. The molecule has 0 aliphatic rings. The summed E-state index contributed by atoms with van der Waals surface area (Å²) in [6.07, 6.45) is 1.79. The second-order valence-corrected chi connectivity index (χ2v) is 5.38. The Morgan fingerprint density at radius 2 is 1.76 bits per heavy atom. The second-order valence-electron chi connectivity index (χ2n) is 5.38. The van der Waals surface area contributed by atoms with E-state index in [9.17, 15) is 0 Å². The van der Waals surface area contributed by atoms with Gasteiger partial charge in [-0.05, 0) is 32.2 Å². The fourth-order valence-corrected chi connectivity index (χ4v) is 2.59. The average molecular weight is 281 g/mol. The maximum atomic E-state index is 5.85. The maximum absolute atomic E-state index is 5.85. The third-order valence-corrected chi connectivity index (χ3v) is 3.44.